The van der Waals surface area contributed by atoms with Crippen LogP contribution in [0.5, 0.6) is 0 Å². The molecule has 0 spiro atoms. The van der Waals surface area contributed by atoms with Crippen LogP contribution in [0, 0.1) is 0 Å². The van der Waals surface area contributed by atoms with Crippen LogP contribution in [0.3, 0.4) is 0 Å². The van der Waals surface area contributed by atoms with Crippen LogP contribution in [0.15, 0.2) is 51.4 Å². The van der Waals surface area contributed by atoms with Gasteiger partial charge >= 0.3 is 13.6 Å². The van der Waals surface area contributed by atoms with E-state index < -0.39 is 19.6 Å². The van der Waals surface area contributed by atoms with Crippen molar-refractivity contribution in [3.8, 4) is 0 Å². The second-order valence-corrected chi connectivity index (χ2v) is 9.29. The quantitative estimate of drug-likeness (QED) is 0.457. The van der Waals surface area contributed by atoms with Crippen molar-refractivity contribution in [3.63, 3.8) is 0 Å². The highest BCUT2D eigenvalue weighted by Crippen LogP contribution is 2.62. The number of allylic oxidation sites excluding steroid dienone is 1. The topological polar surface area (TPSA) is 77.4 Å². The molecule has 2 aliphatic rings. The number of carbonyl (C=O) groups is 1. The van der Waals surface area contributed by atoms with Gasteiger partial charge in [-0.05, 0) is 25.5 Å². The number of rotatable bonds is 6. The van der Waals surface area contributed by atoms with Gasteiger partial charge in [-0.3, -0.25) is 4.57 Å². The smallest absolute Gasteiger partial charge is 0.377 e. The van der Waals surface area contributed by atoms with Gasteiger partial charge in [-0.2, -0.15) is 0 Å². The molecule has 2 heterocycles. The van der Waals surface area contributed by atoms with E-state index in [4.69, 9.17) is 25.4 Å². The lowest BCUT2D eigenvalue weighted by molar-refractivity contribution is -0.139. The minimum absolute atomic E-state index is 0.216. The van der Waals surface area contributed by atoms with Gasteiger partial charge in [0.05, 0.1) is 23.9 Å². The van der Waals surface area contributed by atoms with Crippen LogP contribution in [-0.4, -0.2) is 36.9 Å². The third-order valence-corrected chi connectivity index (χ3v) is 7.59. The maximum atomic E-state index is 13.2. The Hall–Kier alpha value is -1.57. The van der Waals surface area contributed by atoms with Crippen molar-refractivity contribution in [2.45, 2.75) is 19.9 Å². The molecule has 0 aromatic heterocycles. The molecule has 1 unspecified atom stereocenters. The Kier molecular flexibility index (Phi) is 6.37. The number of esters is 1. The molecule has 2 aliphatic heterocycles. The highest BCUT2D eigenvalue weighted by atomic mass is 35.5. The maximum absolute atomic E-state index is 13.2. The molecule has 0 aliphatic carbocycles. The molecule has 3 rings (SSSR count). The Balaban J connectivity index is 2.22. The fourth-order valence-corrected chi connectivity index (χ4v) is 5.90. The van der Waals surface area contributed by atoms with Crippen molar-refractivity contribution < 1.29 is 23.1 Å². The van der Waals surface area contributed by atoms with Crippen LogP contribution in [0.25, 0.3) is 0 Å². The summed E-state index contributed by atoms with van der Waals surface area (Å²) in [4.78, 5) is 19.0. The summed E-state index contributed by atoms with van der Waals surface area (Å²) < 4.78 is 28.8. The second-order valence-electron chi connectivity index (χ2n) is 5.86. The number of amidine groups is 1. The zero-order chi connectivity index (χ0) is 20.5. The fourth-order valence-electron chi connectivity index (χ4n) is 3.09. The highest BCUT2D eigenvalue weighted by molar-refractivity contribution is 8.16. The Labute approximate surface area is 172 Å². The number of aliphatic imine (C=N–C) groups is 1. The molecule has 1 atom stereocenters. The van der Waals surface area contributed by atoms with Gasteiger partial charge in [-0.25, -0.2) is 9.79 Å². The van der Waals surface area contributed by atoms with E-state index in [1.165, 1.54) is 26.0 Å². The number of thioether (sulfide) groups is 1. The lowest BCUT2D eigenvalue weighted by Crippen LogP contribution is -2.37. The summed E-state index contributed by atoms with van der Waals surface area (Å²) in [5.41, 5.74) is 1.79. The largest absolute Gasteiger partial charge is 0.463 e. The Bertz CT molecular complexity index is 938. The molecule has 1 aromatic rings. The Morgan fingerprint density at radius 3 is 2.61 bits per heavy atom. The molecule has 1 aromatic carbocycles. The van der Waals surface area contributed by atoms with E-state index in [1.54, 1.807) is 36.3 Å². The molecule has 0 saturated heterocycles. The van der Waals surface area contributed by atoms with Crippen molar-refractivity contribution in [1.82, 2.24) is 4.90 Å². The number of fused-ring (bicyclic) bond motifs is 1. The van der Waals surface area contributed by atoms with Crippen molar-refractivity contribution in [2.24, 2.45) is 4.99 Å². The van der Waals surface area contributed by atoms with Crippen molar-refractivity contribution in [1.29, 1.82) is 0 Å². The van der Waals surface area contributed by atoms with Gasteiger partial charge in [0.2, 0.25) is 0 Å². The van der Waals surface area contributed by atoms with E-state index in [1.807, 2.05) is 12.1 Å². The van der Waals surface area contributed by atoms with Crippen LogP contribution in [-0.2, 0) is 23.1 Å². The molecule has 150 valence electrons. The van der Waals surface area contributed by atoms with Gasteiger partial charge in [-0.1, -0.05) is 41.6 Å². The standard InChI is InChI=1S/C18H20ClN2O5PS/c1-5-26-17(22)15-11(2)20-18-21(14(10-28-18)27(23,24-3)25-4)16(15)12-8-6-7-9-13(12)19/h6-10,16H,5H2,1-4H3. The molecular formula is C18H20ClN2O5PS. The van der Waals surface area contributed by atoms with Gasteiger partial charge in [0.1, 0.15) is 5.44 Å². The van der Waals surface area contributed by atoms with Crippen molar-refractivity contribution in [2.75, 3.05) is 20.8 Å². The minimum Gasteiger partial charge on any atom is -0.463 e. The van der Waals surface area contributed by atoms with E-state index >= 15 is 0 Å². The van der Waals surface area contributed by atoms with E-state index in [-0.39, 0.29) is 6.61 Å². The SMILES string of the molecule is CCOC(=O)C1=C(C)N=C2SC=C(P(=O)(OC)OC)N2C1c1ccccc1Cl. The third kappa shape index (κ3) is 3.55. The average Bonchev–Trinajstić information content (AvgIpc) is 3.11. The monoisotopic (exact) mass is 442 g/mol. The van der Waals surface area contributed by atoms with Crippen molar-refractivity contribution >= 4 is 42.1 Å². The van der Waals surface area contributed by atoms with E-state index in [2.05, 4.69) is 4.99 Å². The average molecular weight is 443 g/mol. The summed E-state index contributed by atoms with van der Waals surface area (Å²) in [7, 11) is -0.991. The first-order chi connectivity index (χ1) is 13.4. The molecule has 0 amide bonds. The summed E-state index contributed by atoms with van der Waals surface area (Å²) in [5, 5.41) is 2.68. The molecule has 10 heteroatoms. The lowest BCUT2D eigenvalue weighted by Gasteiger charge is -2.37. The van der Waals surface area contributed by atoms with E-state index in [9.17, 15) is 9.36 Å². The van der Waals surface area contributed by atoms with Crippen LogP contribution in [0.2, 0.25) is 5.02 Å². The maximum Gasteiger partial charge on any atom is 0.377 e. The van der Waals surface area contributed by atoms with E-state index in [0.717, 1.165) is 0 Å². The van der Waals surface area contributed by atoms with Crippen LogP contribution in [0.4, 0.5) is 0 Å². The highest BCUT2D eigenvalue weighted by Gasteiger charge is 2.47. The van der Waals surface area contributed by atoms with Crippen molar-refractivity contribution in [3.05, 3.63) is 57.0 Å². The van der Waals surface area contributed by atoms with Crippen LogP contribution >= 0.6 is 31.0 Å². The summed E-state index contributed by atoms with van der Waals surface area (Å²) in [6.07, 6.45) is 0. The number of benzene rings is 1. The number of hydrogen-bond acceptors (Lipinski definition) is 8. The molecule has 0 saturated carbocycles. The summed E-state index contributed by atoms with van der Waals surface area (Å²) in [6, 6.07) is 6.49. The predicted octanol–water partition coefficient (Wildman–Crippen LogP) is 4.92. The first kappa shape index (κ1) is 21.1. The summed E-state index contributed by atoms with van der Waals surface area (Å²) in [5.74, 6) is -0.506. The summed E-state index contributed by atoms with van der Waals surface area (Å²) in [6.45, 7) is 3.69. The lowest BCUT2D eigenvalue weighted by atomic mass is 9.95. The normalized spacial score (nSPS) is 19.3. The predicted molar refractivity (Wildman–Crippen MR) is 110 cm³/mol. The molecule has 0 bridgehead atoms. The molecule has 28 heavy (non-hydrogen) atoms. The third-order valence-electron chi connectivity index (χ3n) is 4.36. The fraction of sp³-hybridized carbons (Fsp3) is 0.333. The molecule has 0 N–H and O–H groups in total. The number of nitrogens with zero attached hydrogens (tertiary/aromatic N) is 2. The summed E-state index contributed by atoms with van der Waals surface area (Å²) >= 11 is 7.75. The molecule has 0 radical (unpaired) electrons. The zero-order valence-corrected chi connectivity index (χ0v) is 18.3. The molecule has 0 fully saturated rings. The molecular weight excluding hydrogens is 423 g/mol. The Morgan fingerprint density at radius 1 is 1.32 bits per heavy atom. The molecule has 7 nitrogen and oxygen atoms in total. The second kappa shape index (κ2) is 8.43. The van der Waals surface area contributed by atoms with Gasteiger partial charge in [0.15, 0.2) is 5.17 Å². The van der Waals surface area contributed by atoms with Gasteiger partial charge in [0, 0.05) is 24.7 Å². The van der Waals surface area contributed by atoms with Gasteiger partial charge in [0.25, 0.3) is 0 Å². The van der Waals surface area contributed by atoms with Crippen LogP contribution < -0.4 is 0 Å². The first-order valence-electron chi connectivity index (χ1n) is 8.47. The van der Waals surface area contributed by atoms with Crippen LogP contribution in [0.1, 0.15) is 25.5 Å². The van der Waals surface area contributed by atoms with E-state index in [0.29, 0.717) is 32.5 Å². The van der Waals surface area contributed by atoms with Gasteiger partial charge in [-0.15, -0.1) is 0 Å². The number of halogens is 1. The van der Waals surface area contributed by atoms with Gasteiger partial charge < -0.3 is 18.7 Å². The zero-order valence-electron chi connectivity index (χ0n) is 15.8. The number of ether oxygens (including phenoxy) is 1. The minimum atomic E-state index is -3.62. The number of carbonyl (C=O) groups excluding carboxylic acids is 1. The Morgan fingerprint density at radius 2 is 2.00 bits per heavy atom. The number of hydrogen-bond donors (Lipinski definition) is 0. The first-order valence-corrected chi connectivity index (χ1v) is 11.3.